The Labute approximate surface area is 249 Å². The number of allylic oxidation sites excluding steroid dienone is 1. The summed E-state index contributed by atoms with van der Waals surface area (Å²) in [7, 11) is 2.90. The molecule has 216 valence electrons. The second-order valence-corrected chi connectivity index (χ2v) is 9.50. The molecule has 14 heteroatoms. The highest BCUT2D eigenvalue weighted by Crippen LogP contribution is 2.35. The highest BCUT2D eigenvalue weighted by atomic mass is 127. The van der Waals surface area contributed by atoms with Crippen molar-refractivity contribution in [3.05, 3.63) is 56.3 Å². The SMILES string of the molecule is CCOC(=O)C1=C(C)NC(=O)N[C@H]1c1ccc(OCC(=O)N/N=C/c2cc(I)cc(OC)c2OCC#N)c(OC)c1. The molecule has 0 aliphatic carbocycles. The van der Waals surface area contributed by atoms with E-state index in [0.717, 1.165) is 3.57 Å². The number of amides is 3. The number of hydrazone groups is 1. The van der Waals surface area contributed by atoms with Crippen molar-refractivity contribution in [2.24, 2.45) is 5.10 Å². The van der Waals surface area contributed by atoms with Crippen LogP contribution in [0.5, 0.6) is 23.0 Å². The number of urea groups is 1. The average molecular weight is 677 g/mol. The normalized spacial score (nSPS) is 14.4. The molecular weight excluding hydrogens is 649 g/mol. The van der Waals surface area contributed by atoms with Crippen molar-refractivity contribution in [2.75, 3.05) is 34.0 Å². The molecule has 0 fully saturated rings. The fourth-order valence-electron chi connectivity index (χ4n) is 3.85. The number of carbonyl (C=O) groups is 3. The summed E-state index contributed by atoms with van der Waals surface area (Å²) in [6.07, 6.45) is 1.37. The molecule has 1 aliphatic heterocycles. The molecule has 41 heavy (non-hydrogen) atoms. The van der Waals surface area contributed by atoms with Crippen LogP contribution < -0.4 is 35.0 Å². The van der Waals surface area contributed by atoms with Crippen LogP contribution in [0.1, 0.15) is 31.0 Å². The first-order chi connectivity index (χ1) is 19.7. The third-order valence-electron chi connectivity index (χ3n) is 5.59. The van der Waals surface area contributed by atoms with Gasteiger partial charge in [0.1, 0.15) is 6.07 Å². The van der Waals surface area contributed by atoms with Gasteiger partial charge in [-0.15, -0.1) is 0 Å². The van der Waals surface area contributed by atoms with Gasteiger partial charge in [-0.1, -0.05) is 6.07 Å². The smallest absolute Gasteiger partial charge is 0.338 e. The van der Waals surface area contributed by atoms with Gasteiger partial charge in [0.15, 0.2) is 36.2 Å². The number of methoxy groups -OCH3 is 2. The first kappa shape index (κ1) is 31.0. The van der Waals surface area contributed by atoms with Crippen molar-refractivity contribution in [1.82, 2.24) is 16.1 Å². The molecule has 3 amide bonds. The number of esters is 1. The van der Waals surface area contributed by atoms with Gasteiger partial charge in [-0.05, 0) is 66.3 Å². The number of nitriles is 1. The standard InChI is InChI=1S/C27H28IN5O8/c1-5-39-26(35)23-15(2)31-27(36)32-24(23)16-6-7-19(20(11-16)37-3)41-14-22(34)33-30-13-17-10-18(28)12-21(38-4)25(17)40-9-8-29/h6-7,10-13,24H,5,9,14H2,1-4H3,(H,33,34)(H2,31,32,36)/b30-13+/t24-/m0/s1. The van der Waals surface area contributed by atoms with Crippen molar-refractivity contribution in [3.8, 4) is 29.1 Å². The van der Waals surface area contributed by atoms with Crippen molar-refractivity contribution in [3.63, 3.8) is 0 Å². The predicted octanol–water partition coefficient (Wildman–Crippen LogP) is 2.93. The molecule has 0 radical (unpaired) electrons. The molecule has 3 N–H and O–H groups in total. The van der Waals surface area contributed by atoms with Crippen molar-refractivity contribution in [2.45, 2.75) is 19.9 Å². The molecule has 0 saturated carbocycles. The molecule has 2 aromatic rings. The summed E-state index contributed by atoms with van der Waals surface area (Å²) in [6, 6.07) is 8.94. The van der Waals surface area contributed by atoms with E-state index < -0.39 is 30.6 Å². The quantitative estimate of drug-likeness (QED) is 0.132. The maximum Gasteiger partial charge on any atom is 0.338 e. The summed E-state index contributed by atoms with van der Waals surface area (Å²) >= 11 is 2.10. The van der Waals surface area contributed by atoms with E-state index in [1.54, 1.807) is 44.2 Å². The van der Waals surface area contributed by atoms with E-state index >= 15 is 0 Å². The lowest BCUT2D eigenvalue weighted by molar-refractivity contribution is -0.139. The van der Waals surface area contributed by atoms with Gasteiger partial charge in [0.05, 0.1) is 38.7 Å². The van der Waals surface area contributed by atoms with Crippen LogP contribution in [-0.2, 0) is 14.3 Å². The number of hydrogen-bond acceptors (Lipinski definition) is 10. The number of nitrogens with one attached hydrogen (secondary N) is 3. The van der Waals surface area contributed by atoms with Crippen LogP contribution >= 0.6 is 22.6 Å². The number of benzene rings is 2. The minimum Gasteiger partial charge on any atom is -0.493 e. The minimum atomic E-state index is -0.787. The highest BCUT2D eigenvalue weighted by Gasteiger charge is 2.32. The van der Waals surface area contributed by atoms with Gasteiger partial charge in [-0.25, -0.2) is 15.0 Å². The summed E-state index contributed by atoms with van der Waals surface area (Å²) < 4.78 is 27.8. The largest absolute Gasteiger partial charge is 0.493 e. The molecule has 1 heterocycles. The van der Waals surface area contributed by atoms with E-state index in [0.29, 0.717) is 28.3 Å². The van der Waals surface area contributed by atoms with Crippen molar-refractivity contribution in [1.29, 1.82) is 5.26 Å². The van der Waals surface area contributed by atoms with Crippen LogP contribution in [-0.4, -0.2) is 58.2 Å². The predicted molar refractivity (Wildman–Crippen MR) is 155 cm³/mol. The van der Waals surface area contributed by atoms with Crippen LogP contribution in [0, 0.1) is 14.9 Å². The van der Waals surface area contributed by atoms with E-state index in [4.69, 9.17) is 28.9 Å². The Morgan fingerprint density at radius 1 is 1.15 bits per heavy atom. The lowest BCUT2D eigenvalue weighted by Gasteiger charge is -2.28. The van der Waals surface area contributed by atoms with Crippen molar-refractivity contribution < 1.29 is 38.1 Å². The van der Waals surface area contributed by atoms with Crippen molar-refractivity contribution >= 4 is 46.7 Å². The zero-order valence-electron chi connectivity index (χ0n) is 22.7. The van der Waals surface area contributed by atoms with Crippen LogP contribution in [0.3, 0.4) is 0 Å². The first-order valence-electron chi connectivity index (χ1n) is 12.2. The van der Waals surface area contributed by atoms with Crippen LogP contribution in [0.15, 0.2) is 46.7 Å². The number of halogens is 1. The van der Waals surface area contributed by atoms with E-state index in [9.17, 15) is 14.4 Å². The second-order valence-electron chi connectivity index (χ2n) is 8.26. The third kappa shape index (κ3) is 8.01. The Bertz CT molecular complexity index is 1420. The monoisotopic (exact) mass is 677 g/mol. The van der Waals surface area contributed by atoms with E-state index in [2.05, 4.69) is 43.8 Å². The fraction of sp³-hybridized carbons (Fsp3) is 0.296. The zero-order valence-corrected chi connectivity index (χ0v) is 24.9. The molecule has 0 bridgehead atoms. The first-order valence-corrected chi connectivity index (χ1v) is 13.3. The van der Waals surface area contributed by atoms with Gasteiger partial charge in [-0.2, -0.15) is 10.4 Å². The Morgan fingerprint density at radius 3 is 2.59 bits per heavy atom. The average Bonchev–Trinajstić information content (AvgIpc) is 2.94. The van der Waals surface area contributed by atoms with Gasteiger partial charge >= 0.3 is 12.0 Å². The summed E-state index contributed by atoms with van der Waals surface area (Å²) in [6.45, 7) is 2.90. The molecule has 0 spiro atoms. The molecule has 1 atom stereocenters. The zero-order chi connectivity index (χ0) is 29.9. The molecule has 0 unspecified atom stereocenters. The number of nitrogens with zero attached hydrogens (tertiary/aromatic N) is 2. The molecular formula is C27H28IN5O8. The maximum absolute atomic E-state index is 12.6. The lowest BCUT2D eigenvalue weighted by atomic mass is 9.95. The van der Waals surface area contributed by atoms with E-state index in [1.807, 2.05) is 6.07 Å². The highest BCUT2D eigenvalue weighted by molar-refractivity contribution is 14.1. The minimum absolute atomic E-state index is 0.174. The lowest BCUT2D eigenvalue weighted by Crippen LogP contribution is -2.45. The number of rotatable bonds is 12. The fourth-order valence-corrected chi connectivity index (χ4v) is 4.47. The van der Waals surface area contributed by atoms with Gasteiger partial charge in [0.2, 0.25) is 0 Å². The molecule has 3 rings (SSSR count). The Hall–Kier alpha value is -4.52. The van der Waals surface area contributed by atoms with Crippen LogP contribution in [0.4, 0.5) is 4.79 Å². The number of hydrogen-bond donors (Lipinski definition) is 3. The molecule has 13 nitrogen and oxygen atoms in total. The second kappa shape index (κ2) is 14.7. The maximum atomic E-state index is 12.6. The number of ether oxygens (including phenoxy) is 5. The summed E-state index contributed by atoms with van der Waals surface area (Å²) in [5.74, 6) is 0.142. The number of carbonyl (C=O) groups excluding carboxylic acids is 3. The Balaban J connectivity index is 1.71. The van der Waals surface area contributed by atoms with Gasteiger partial charge in [-0.3, -0.25) is 4.79 Å². The van der Waals surface area contributed by atoms with E-state index in [-0.39, 0.29) is 30.3 Å². The van der Waals surface area contributed by atoms with E-state index in [1.165, 1.54) is 20.4 Å². The molecule has 0 saturated heterocycles. The molecule has 2 aromatic carbocycles. The van der Waals surface area contributed by atoms with Crippen LogP contribution in [0.25, 0.3) is 0 Å². The molecule has 0 aromatic heterocycles. The van der Waals surface area contributed by atoms with Crippen LogP contribution in [0.2, 0.25) is 0 Å². The van der Waals surface area contributed by atoms with Gasteiger partial charge in [0, 0.05) is 14.8 Å². The third-order valence-corrected chi connectivity index (χ3v) is 6.21. The molecule has 1 aliphatic rings. The van der Waals surface area contributed by atoms with Gasteiger partial charge in [0.25, 0.3) is 5.91 Å². The Kier molecular flexibility index (Phi) is 11.2. The summed E-state index contributed by atoms with van der Waals surface area (Å²) in [5.41, 5.74) is 4.05. The Morgan fingerprint density at radius 2 is 1.90 bits per heavy atom. The summed E-state index contributed by atoms with van der Waals surface area (Å²) in [5, 5.41) is 18.1. The topological polar surface area (TPSA) is 170 Å². The van der Waals surface area contributed by atoms with Gasteiger partial charge < -0.3 is 34.3 Å². The summed E-state index contributed by atoms with van der Waals surface area (Å²) in [4.78, 5) is 37.1.